The summed E-state index contributed by atoms with van der Waals surface area (Å²) in [7, 11) is 0. The first kappa shape index (κ1) is 16.3. The molecular formula is C17H24FNOS. The maximum Gasteiger partial charge on any atom is 0.230 e. The summed E-state index contributed by atoms with van der Waals surface area (Å²) in [5.74, 6) is 0.910. The van der Waals surface area contributed by atoms with E-state index in [1.54, 1.807) is 12.1 Å². The first-order valence-electron chi connectivity index (χ1n) is 7.79. The standard InChI is InChI=1S/C17H24FNOS/c1-13(15-9-5-6-10-16(15)18)21-12-17(20)19-11-14-7-3-2-4-8-14/h5-6,9-10,13-14H,2-4,7-8,11-12H2,1H3,(H,19,20). The van der Waals surface area contributed by atoms with Crippen LogP contribution < -0.4 is 5.32 Å². The number of rotatable bonds is 6. The Bertz CT molecular complexity index is 460. The van der Waals surface area contributed by atoms with Crippen LogP contribution in [0.25, 0.3) is 0 Å². The Kier molecular flexibility index (Phi) is 6.55. The van der Waals surface area contributed by atoms with Crippen LogP contribution >= 0.6 is 11.8 Å². The molecule has 2 nitrogen and oxygen atoms in total. The average Bonchev–Trinajstić information content (AvgIpc) is 2.52. The predicted molar refractivity (Wildman–Crippen MR) is 86.9 cm³/mol. The van der Waals surface area contributed by atoms with Crippen molar-refractivity contribution < 1.29 is 9.18 Å². The van der Waals surface area contributed by atoms with E-state index in [1.165, 1.54) is 49.9 Å². The van der Waals surface area contributed by atoms with Gasteiger partial charge in [0.25, 0.3) is 0 Å². The van der Waals surface area contributed by atoms with E-state index < -0.39 is 0 Å². The van der Waals surface area contributed by atoms with Crippen molar-refractivity contribution >= 4 is 17.7 Å². The lowest BCUT2D eigenvalue weighted by atomic mass is 9.89. The normalized spacial score (nSPS) is 17.4. The fourth-order valence-electron chi connectivity index (χ4n) is 2.80. The van der Waals surface area contributed by atoms with Gasteiger partial charge in [-0.15, -0.1) is 11.8 Å². The van der Waals surface area contributed by atoms with Gasteiger partial charge in [-0.1, -0.05) is 37.5 Å². The monoisotopic (exact) mass is 309 g/mol. The fraction of sp³-hybridized carbons (Fsp3) is 0.588. The number of carbonyl (C=O) groups excluding carboxylic acids is 1. The van der Waals surface area contributed by atoms with Gasteiger partial charge in [-0.25, -0.2) is 4.39 Å². The Hall–Kier alpha value is -1.03. The molecule has 1 atom stereocenters. The van der Waals surface area contributed by atoms with Gasteiger partial charge in [-0.05, 0) is 31.7 Å². The molecule has 1 aliphatic rings. The lowest BCUT2D eigenvalue weighted by molar-refractivity contribution is -0.118. The van der Waals surface area contributed by atoms with E-state index in [2.05, 4.69) is 5.32 Å². The summed E-state index contributed by atoms with van der Waals surface area (Å²) in [5.41, 5.74) is 0.669. The molecule has 2 rings (SSSR count). The van der Waals surface area contributed by atoms with E-state index >= 15 is 0 Å². The smallest absolute Gasteiger partial charge is 0.230 e. The summed E-state index contributed by atoms with van der Waals surface area (Å²) < 4.78 is 13.6. The lowest BCUT2D eigenvalue weighted by Gasteiger charge is -2.21. The number of hydrogen-bond acceptors (Lipinski definition) is 2. The number of hydrogen-bond donors (Lipinski definition) is 1. The highest BCUT2D eigenvalue weighted by atomic mass is 32.2. The Labute approximate surface area is 130 Å². The second kappa shape index (κ2) is 8.42. The lowest BCUT2D eigenvalue weighted by Crippen LogP contribution is -2.31. The highest BCUT2D eigenvalue weighted by Crippen LogP contribution is 2.29. The van der Waals surface area contributed by atoms with Crippen LogP contribution in [0.15, 0.2) is 24.3 Å². The molecule has 1 aliphatic carbocycles. The van der Waals surface area contributed by atoms with E-state index in [4.69, 9.17) is 0 Å². The van der Waals surface area contributed by atoms with Crippen LogP contribution in [0.1, 0.15) is 49.8 Å². The van der Waals surface area contributed by atoms with Crippen molar-refractivity contribution in [1.29, 1.82) is 0 Å². The van der Waals surface area contributed by atoms with Gasteiger partial charge in [0.05, 0.1) is 5.75 Å². The quantitative estimate of drug-likeness (QED) is 0.848. The summed E-state index contributed by atoms with van der Waals surface area (Å²) in [6.07, 6.45) is 6.39. The third-order valence-electron chi connectivity index (χ3n) is 4.12. The molecule has 1 N–H and O–H groups in total. The molecule has 0 spiro atoms. The van der Waals surface area contributed by atoms with Crippen molar-refractivity contribution in [1.82, 2.24) is 5.32 Å². The Balaban J connectivity index is 1.69. The zero-order chi connectivity index (χ0) is 15.1. The molecule has 0 radical (unpaired) electrons. The summed E-state index contributed by atoms with van der Waals surface area (Å²) in [6.45, 7) is 2.74. The van der Waals surface area contributed by atoms with Crippen LogP contribution in [0.2, 0.25) is 0 Å². The Morgan fingerprint density at radius 2 is 2.05 bits per heavy atom. The van der Waals surface area contributed by atoms with Gasteiger partial charge in [0.1, 0.15) is 5.82 Å². The summed E-state index contributed by atoms with van der Waals surface area (Å²) >= 11 is 1.49. The molecule has 1 aromatic rings. The molecule has 1 aromatic carbocycles. The Morgan fingerprint density at radius 3 is 2.76 bits per heavy atom. The number of nitrogens with one attached hydrogen (secondary N) is 1. The predicted octanol–water partition coefficient (Wildman–Crippen LogP) is 4.32. The minimum absolute atomic E-state index is 0.00775. The van der Waals surface area contributed by atoms with Crippen molar-refractivity contribution in [2.75, 3.05) is 12.3 Å². The van der Waals surface area contributed by atoms with Crippen LogP contribution in [0.5, 0.6) is 0 Å². The summed E-state index contributed by atoms with van der Waals surface area (Å²) in [5, 5.41) is 3.01. The van der Waals surface area contributed by atoms with E-state index in [9.17, 15) is 9.18 Å². The number of amides is 1. The van der Waals surface area contributed by atoms with Gasteiger partial charge >= 0.3 is 0 Å². The second-order valence-electron chi connectivity index (χ2n) is 5.78. The van der Waals surface area contributed by atoms with Crippen molar-refractivity contribution in [3.8, 4) is 0 Å². The van der Waals surface area contributed by atoms with Crippen molar-refractivity contribution in [2.24, 2.45) is 5.92 Å². The molecular weight excluding hydrogens is 285 g/mol. The molecule has 0 aliphatic heterocycles. The first-order valence-corrected chi connectivity index (χ1v) is 8.84. The van der Waals surface area contributed by atoms with E-state index in [0.717, 1.165) is 6.54 Å². The molecule has 0 bridgehead atoms. The van der Waals surface area contributed by atoms with Crippen LogP contribution in [-0.4, -0.2) is 18.2 Å². The molecule has 21 heavy (non-hydrogen) atoms. The van der Waals surface area contributed by atoms with Crippen LogP contribution in [0.4, 0.5) is 4.39 Å². The topological polar surface area (TPSA) is 29.1 Å². The van der Waals surface area contributed by atoms with Crippen LogP contribution in [0.3, 0.4) is 0 Å². The van der Waals surface area contributed by atoms with Gasteiger partial charge in [-0.2, -0.15) is 0 Å². The van der Waals surface area contributed by atoms with Gasteiger partial charge < -0.3 is 5.32 Å². The third kappa shape index (κ3) is 5.34. The van der Waals surface area contributed by atoms with Gasteiger partial charge in [-0.3, -0.25) is 4.79 Å². The Morgan fingerprint density at radius 1 is 1.33 bits per heavy atom. The third-order valence-corrected chi connectivity index (χ3v) is 5.30. The molecule has 0 saturated heterocycles. The fourth-order valence-corrected chi connectivity index (χ4v) is 3.67. The minimum atomic E-state index is -0.194. The van der Waals surface area contributed by atoms with Crippen molar-refractivity contribution in [2.45, 2.75) is 44.3 Å². The van der Waals surface area contributed by atoms with Gasteiger partial charge in [0, 0.05) is 17.4 Å². The van der Waals surface area contributed by atoms with Crippen LogP contribution in [-0.2, 0) is 4.79 Å². The minimum Gasteiger partial charge on any atom is -0.355 e. The van der Waals surface area contributed by atoms with Gasteiger partial charge in [0.2, 0.25) is 5.91 Å². The maximum absolute atomic E-state index is 13.6. The number of thioether (sulfide) groups is 1. The van der Waals surface area contributed by atoms with Crippen molar-refractivity contribution in [3.05, 3.63) is 35.6 Å². The molecule has 1 amide bonds. The number of carbonyl (C=O) groups is 1. The summed E-state index contributed by atoms with van der Waals surface area (Å²) in [4.78, 5) is 11.9. The molecule has 4 heteroatoms. The molecule has 1 fully saturated rings. The van der Waals surface area contributed by atoms with Gasteiger partial charge in [0.15, 0.2) is 0 Å². The zero-order valence-electron chi connectivity index (χ0n) is 12.6. The molecule has 1 unspecified atom stereocenters. The number of benzene rings is 1. The maximum atomic E-state index is 13.6. The largest absolute Gasteiger partial charge is 0.355 e. The highest BCUT2D eigenvalue weighted by Gasteiger charge is 2.16. The molecule has 116 valence electrons. The average molecular weight is 309 g/mol. The van der Waals surface area contributed by atoms with E-state index in [-0.39, 0.29) is 17.0 Å². The summed E-state index contributed by atoms with van der Waals surface area (Å²) in [6, 6.07) is 6.77. The van der Waals surface area contributed by atoms with E-state index in [1.807, 2.05) is 13.0 Å². The molecule has 1 saturated carbocycles. The van der Waals surface area contributed by atoms with Crippen LogP contribution in [0, 0.1) is 11.7 Å². The van der Waals surface area contributed by atoms with Crippen molar-refractivity contribution in [3.63, 3.8) is 0 Å². The van der Waals surface area contributed by atoms with E-state index in [0.29, 0.717) is 17.2 Å². The SMILES string of the molecule is CC(SCC(=O)NCC1CCCCC1)c1ccccc1F. The second-order valence-corrected chi connectivity index (χ2v) is 7.11. The number of halogens is 1. The zero-order valence-corrected chi connectivity index (χ0v) is 13.4. The first-order chi connectivity index (χ1) is 10.2. The highest BCUT2D eigenvalue weighted by molar-refractivity contribution is 8.00. The molecule has 0 heterocycles. The molecule has 0 aromatic heterocycles.